The maximum atomic E-state index is 12.9. The summed E-state index contributed by atoms with van der Waals surface area (Å²) in [5.74, 6) is -0.273. The van der Waals surface area contributed by atoms with Crippen LogP contribution < -0.4 is 10.6 Å². The average Bonchev–Trinajstić information content (AvgIpc) is 2.83. The summed E-state index contributed by atoms with van der Waals surface area (Å²) in [7, 11) is 0. The monoisotopic (exact) mass is 285 g/mol. The van der Waals surface area contributed by atoms with Gasteiger partial charge in [0.15, 0.2) is 0 Å². The number of para-hydroxylation sites is 2. The predicted octanol–water partition coefficient (Wildman–Crippen LogP) is 2.85. The molecule has 2 N–H and O–H groups in total. The number of hydrogen-bond acceptors (Lipinski definition) is 2. The highest BCUT2D eigenvalue weighted by Gasteiger charge is 2.30. The lowest BCUT2D eigenvalue weighted by atomic mass is 10.2. The molecule has 1 heterocycles. The van der Waals surface area contributed by atoms with Crippen molar-refractivity contribution in [2.75, 3.05) is 23.7 Å². The number of rotatable bonds is 3. The molecule has 1 saturated heterocycles. The van der Waals surface area contributed by atoms with E-state index in [1.54, 1.807) is 28.0 Å². The second kappa shape index (κ2) is 5.44. The van der Waals surface area contributed by atoms with Crippen molar-refractivity contribution in [3.63, 3.8) is 0 Å². The smallest absolute Gasteiger partial charge is 0.324 e. The Morgan fingerprint density at radius 3 is 2.48 bits per heavy atom. The topological polar surface area (TPSA) is 49.6 Å². The van der Waals surface area contributed by atoms with E-state index >= 15 is 0 Å². The molecule has 0 aromatic heterocycles. The molecule has 2 aromatic carbocycles. The van der Waals surface area contributed by atoms with Gasteiger partial charge in [-0.3, -0.25) is 4.90 Å². The van der Waals surface area contributed by atoms with E-state index in [9.17, 15) is 9.18 Å². The van der Waals surface area contributed by atoms with Gasteiger partial charge in [-0.05, 0) is 29.8 Å². The third-order valence-corrected chi connectivity index (χ3v) is 3.61. The molecule has 0 spiro atoms. The number of halogens is 1. The number of anilines is 2. The van der Waals surface area contributed by atoms with E-state index in [2.05, 4.69) is 0 Å². The Balaban J connectivity index is 1.75. The minimum atomic E-state index is -0.273. The summed E-state index contributed by atoms with van der Waals surface area (Å²) < 4.78 is 12.9. The quantitative estimate of drug-likeness (QED) is 0.882. The molecule has 1 aliphatic heterocycles. The first-order valence-corrected chi connectivity index (χ1v) is 6.80. The van der Waals surface area contributed by atoms with E-state index in [4.69, 9.17) is 5.73 Å². The van der Waals surface area contributed by atoms with Gasteiger partial charge in [0.05, 0.1) is 11.4 Å². The Hall–Kier alpha value is -2.56. The molecule has 0 aliphatic carbocycles. The van der Waals surface area contributed by atoms with Gasteiger partial charge in [-0.15, -0.1) is 0 Å². The highest BCUT2D eigenvalue weighted by Crippen LogP contribution is 2.26. The molecule has 1 aliphatic rings. The number of nitrogens with zero attached hydrogens (tertiary/aromatic N) is 2. The molecule has 2 amide bonds. The lowest BCUT2D eigenvalue weighted by molar-refractivity contribution is 0.219. The molecular weight excluding hydrogens is 269 g/mol. The van der Waals surface area contributed by atoms with Crippen LogP contribution in [0, 0.1) is 5.82 Å². The Labute approximate surface area is 122 Å². The molecule has 0 radical (unpaired) electrons. The second-order valence-corrected chi connectivity index (χ2v) is 5.04. The number of hydrogen-bond donors (Lipinski definition) is 1. The van der Waals surface area contributed by atoms with E-state index in [0.717, 1.165) is 11.3 Å². The van der Waals surface area contributed by atoms with E-state index < -0.39 is 0 Å². The molecule has 1 fully saturated rings. The number of nitrogen functional groups attached to an aromatic ring is 1. The van der Waals surface area contributed by atoms with Crippen LogP contribution >= 0.6 is 0 Å². The SMILES string of the molecule is Nc1ccccc1N1CCN(Cc2ccc(F)cc2)C1=O. The lowest BCUT2D eigenvalue weighted by Crippen LogP contribution is -2.31. The summed E-state index contributed by atoms with van der Waals surface area (Å²) in [6, 6.07) is 13.5. The number of urea groups is 1. The Bertz CT molecular complexity index is 657. The minimum absolute atomic E-state index is 0.0720. The number of benzene rings is 2. The van der Waals surface area contributed by atoms with Gasteiger partial charge in [0.2, 0.25) is 0 Å². The van der Waals surface area contributed by atoms with Gasteiger partial charge in [0.1, 0.15) is 5.82 Å². The fraction of sp³-hybridized carbons (Fsp3) is 0.188. The Morgan fingerprint density at radius 2 is 1.76 bits per heavy atom. The number of carbonyl (C=O) groups excluding carboxylic acids is 1. The summed E-state index contributed by atoms with van der Waals surface area (Å²) in [5, 5.41) is 0. The van der Waals surface area contributed by atoms with Crippen molar-refractivity contribution in [1.29, 1.82) is 0 Å². The predicted molar refractivity (Wildman–Crippen MR) is 80.4 cm³/mol. The van der Waals surface area contributed by atoms with Crippen LogP contribution in [0.25, 0.3) is 0 Å². The number of nitrogens with two attached hydrogens (primary N) is 1. The summed E-state index contributed by atoms with van der Waals surface area (Å²) in [5.41, 5.74) is 8.17. The average molecular weight is 285 g/mol. The maximum Gasteiger partial charge on any atom is 0.324 e. The van der Waals surface area contributed by atoms with Gasteiger partial charge in [0, 0.05) is 19.6 Å². The van der Waals surface area contributed by atoms with Crippen LogP contribution in [0.2, 0.25) is 0 Å². The first kappa shape index (κ1) is 13.4. The second-order valence-electron chi connectivity index (χ2n) is 5.04. The summed E-state index contributed by atoms with van der Waals surface area (Å²) in [4.78, 5) is 15.9. The van der Waals surface area contributed by atoms with Crippen LogP contribution in [0.15, 0.2) is 48.5 Å². The normalized spacial score (nSPS) is 14.8. The molecule has 0 saturated carbocycles. The standard InChI is InChI=1S/C16H16FN3O/c17-13-7-5-12(6-8-13)11-19-9-10-20(16(19)21)15-4-2-1-3-14(15)18/h1-8H,9-11,18H2. The van der Waals surface area contributed by atoms with Crippen molar-refractivity contribution in [1.82, 2.24) is 4.90 Å². The van der Waals surface area contributed by atoms with E-state index in [1.807, 2.05) is 18.2 Å². The van der Waals surface area contributed by atoms with Crippen molar-refractivity contribution in [3.8, 4) is 0 Å². The first-order valence-electron chi connectivity index (χ1n) is 6.80. The van der Waals surface area contributed by atoms with Crippen LogP contribution in [-0.4, -0.2) is 24.0 Å². The molecule has 3 rings (SSSR count). The third-order valence-electron chi connectivity index (χ3n) is 3.61. The van der Waals surface area contributed by atoms with Gasteiger partial charge in [-0.2, -0.15) is 0 Å². The highest BCUT2D eigenvalue weighted by atomic mass is 19.1. The molecule has 4 nitrogen and oxygen atoms in total. The third kappa shape index (κ3) is 2.67. The molecule has 108 valence electrons. The van der Waals surface area contributed by atoms with Gasteiger partial charge in [0.25, 0.3) is 0 Å². The van der Waals surface area contributed by atoms with Crippen LogP contribution in [0.1, 0.15) is 5.56 Å². The molecular formula is C16H16FN3O. The van der Waals surface area contributed by atoms with Crippen LogP contribution in [0.4, 0.5) is 20.6 Å². The maximum absolute atomic E-state index is 12.9. The van der Waals surface area contributed by atoms with Crippen LogP contribution in [0.3, 0.4) is 0 Å². The van der Waals surface area contributed by atoms with E-state index in [0.29, 0.717) is 25.3 Å². The van der Waals surface area contributed by atoms with Crippen molar-refractivity contribution in [2.45, 2.75) is 6.54 Å². The zero-order valence-electron chi connectivity index (χ0n) is 11.5. The largest absolute Gasteiger partial charge is 0.397 e. The number of carbonyl (C=O) groups is 1. The molecule has 0 atom stereocenters. The Kier molecular flexibility index (Phi) is 3.48. The van der Waals surface area contributed by atoms with Crippen LogP contribution in [-0.2, 0) is 6.54 Å². The minimum Gasteiger partial charge on any atom is -0.397 e. The van der Waals surface area contributed by atoms with Gasteiger partial charge in [-0.1, -0.05) is 24.3 Å². The van der Waals surface area contributed by atoms with Crippen molar-refractivity contribution in [2.24, 2.45) is 0 Å². The molecule has 0 bridgehead atoms. The molecule has 0 unspecified atom stereocenters. The molecule has 5 heteroatoms. The van der Waals surface area contributed by atoms with Gasteiger partial charge in [-0.25, -0.2) is 9.18 Å². The zero-order chi connectivity index (χ0) is 14.8. The summed E-state index contributed by atoms with van der Waals surface area (Å²) in [6.45, 7) is 1.71. The lowest BCUT2D eigenvalue weighted by Gasteiger charge is -2.20. The van der Waals surface area contributed by atoms with Crippen molar-refractivity contribution in [3.05, 3.63) is 59.9 Å². The van der Waals surface area contributed by atoms with Gasteiger partial charge < -0.3 is 10.6 Å². The fourth-order valence-corrected chi connectivity index (χ4v) is 2.50. The zero-order valence-corrected chi connectivity index (χ0v) is 11.5. The van der Waals surface area contributed by atoms with Gasteiger partial charge >= 0.3 is 6.03 Å². The van der Waals surface area contributed by atoms with Crippen LogP contribution in [0.5, 0.6) is 0 Å². The van der Waals surface area contributed by atoms with E-state index in [1.165, 1.54) is 12.1 Å². The Morgan fingerprint density at radius 1 is 1.05 bits per heavy atom. The molecule has 21 heavy (non-hydrogen) atoms. The fourth-order valence-electron chi connectivity index (χ4n) is 2.50. The van der Waals surface area contributed by atoms with Crippen molar-refractivity contribution >= 4 is 17.4 Å². The molecule has 2 aromatic rings. The summed E-state index contributed by atoms with van der Waals surface area (Å²) in [6.07, 6.45) is 0. The summed E-state index contributed by atoms with van der Waals surface area (Å²) >= 11 is 0. The van der Waals surface area contributed by atoms with Crippen molar-refractivity contribution < 1.29 is 9.18 Å². The van der Waals surface area contributed by atoms with E-state index in [-0.39, 0.29) is 11.8 Å². The highest BCUT2D eigenvalue weighted by molar-refractivity contribution is 5.97. The first-order chi connectivity index (χ1) is 10.1. The number of amides is 2.